The van der Waals surface area contributed by atoms with Gasteiger partial charge in [-0.15, -0.1) is 0 Å². The third kappa shape index (κ3) is 4.61. The molecule has 0 saturated heterocycles. The number of ether oxygens (including phenoxy) is 3. The summed E-state index contributed by atoms with van der Waals surface area (Å²) in [5, 5.41) is 0. The lowest BCUT2D eigenvalue weighted by Gasteiger charge is -2.29. The molecule has 1 unspecified atom stereocenters. The van der Waals surface area contributed by atoms with Gasteiger partial charge >= 0.3 is 0 Å². The van der Waals surface area contributed by atoms with Gasteiger partial charge in [0.25, 0.3) is 5.91 Å². The van der Waals surface area contributed by atoms with Crippen molar-refractivity contribution in [1.82, 2.24) is 4.90 Å². The van der Waals surface area contributed by atoms with E-state index in [1.165, 1.54) is 7.11 Å². The summed E-state index contributed by atoms with van der Waals surface area (Å²) in [7, 11) is 4.73. The Hall–Kier alpha value is -1.79. The molecule has 0 fully saturated rings. The van der Waals surface area contributed by atoms with E-state index < -0.39 is 0 Å². The second-order valence-electron chi connectivity index (χ2n) is 4.76. The van der Waals surface area contributed by atoms with Crippen molar-refractivity contribution in [2.75, 3.05) is 46.8 Å². The van der Waals surface area contributed by atoms with Crippen molar-refractivity contribution in [1.29, 1.82) is 0 Å². The maximum Gasteiger partial charge on any atom is 0.258 e. The summed E-state index contributed by atoms with van der Waals surface area (Å²) in [6.45, 7) is 3.32. The Kier molecular flexibility index (Phi) is 6.98. The van der Waals surface area contributed by atoms with Crippen molar-refractivity contribution in [2.45, 2.75) is 13.0 Å². The number of amides is 1. The Labute approximate surface area is 125 Å². The molecule has 0 heterocycles. The smallest absolute Gasteiger partial charge is 0.258 e. The van der Waals surface area contributed by atoms with Crippen molar-refractivity contribution in [3.05, 3.63) is 23.8 Å². The van der Waals surface area contributed by atoms with Gasteiger partial charge in [-0.1, -0.05) is 0 Å². The Morgan fingerprint density at radius 1 is 1.29 bits per heavy atom. The molecular formula is C15H24N2O4. The minimum Gasteiger partial charge on any atom is -0.496 e. The first kappa shape index (κ1) is 17.3. The van der Waals surface area contributed by atoms with E-state index in [0.717, 1.165) is 0 Å². The van der Waals surface area contributed by atoms with Gasteiger partial charge in [-0.2, -0.15) is 0 Å². The predicted octanol–water partition coefficient (Wildman–Crippen LogP) is 1.40. The van der Waals surface area contributed by atoms with Crippen LogP contribution in [0.25, 0.3) is 0 Å². The Morgan fingerprint density at radius 2 is 2.00 bits per heavy atom. The van der Waals surface area contributed by atoms with Crippen LogP contribution < -0.4 is 10.5 Å². The molecule has 2 N–H and O–H groups in total. The first-order chi connectivity index (χ1) is 10.0. The third-order valence-electron chi connectivity index (χ3n) is 3.19. The zero-order valence-corrected chi connectivity index (χ0v) is 13.1. The maximum atomic E-state index is 12.8. The van der Waals surface area contributed by atoms with E-state index in [9.17, 15) is 4.79 Å². The molecule has 6 nitrogen and oxygen atoms in total. The second kappa shape index (κ2) is 8.49. The molecule has 0 bridgehead atoms. The molecule has 0 radical (unpaired) electrons. The molecule has 6 heteroatoms. The van der Waals surface area contributed by atoms with Gasteiger partial charge < -0.3 is 24.8 Å². The number of hydrogen-bond donors (Lipinski definition) is 1. The van der Waals surface area contributed by atoms with Gasteiger partial charge in [0, 0.05) is 32.5 Å². The quantitative estimate of drug-likeness (QED) is 0.734. The average Bonchev–Trinajstić information content (AvgIpc) is 2.47. The highest BCUT2D eigenvalue weighted by atomic mass is 16.5. The summed E-state index contributed by atoms with van der Waals surface area (Å²) >= 11 is 0. The summed E-state index contributed by atoms with van der Waals surface area (Å²) in [6.07, 6.45) is 0. The van der Waals surface area contributed by atoms with Gasteiger partial charge in [-0.3, -0.25) is 4.79 Å². The van der Waals surface area contributed by atoms with Crippen LogP contribution in [-0.4, -0.2) is 57.9 Å². The van der Waals surface area contributed by atoms with Gasteiger partial charge in [0.05, 0.1) is 31.9 Å². The molecule has 0 aliphatic heterocycles. The number of nitrogens with zero attached hydrogens (tertiary/aromatic N) is 1. The molecule has 0 aliphatic carbocycles. The molecule has 1 atom stereocenters. The van der Waals surface area contributed by atoms with Gasteiger partial charge in [0.2, 0.25) is 0 Å². The maximum absolute atomic E-state index is 12.8. The number of carbonyl (C=O) groups excluding carboxylic acids is 1. The van der Waals surface area contributed by atoms with Crippen LogP contribution in [0.2, 0.25) is 0 Å². The first-order valence-electron chi connectivity index (χ1n) is 6.77. The number of hydrogen-bond acceptors (Lipinski definition) is 5. The third-order valence-corrected chi connectivity index (χ3v) is 3.19. The molecular weight excluding hydrogens is 272 g/mol. The minimum atomic E-state index is -0.131. The highest BCUT2D eigenvalue weighted by Crippen LogP contribution is 2.23. The molecule has 0 aliphatic rings. The molecule has 1 amide bonds. The van der Waals surface area contributed by atoms with E-state index in [2.05, 4.69) is 0 Å². The number of nitrogen functional groups attached to an aromatic ring is 1. The van der Waals surface area contributed by atoms with E-state index in [1.807, 2.05) is 6.92 Å². The lowest BCUT2D eigenvalue weighted by atomic mass is 10.1. The number of rotatable bonds is 8. The number of nitrogens with two attached hydrogens (primary N) is 1. The summed E-state index contributed by atoms with van der Waals surface area (Å²) < 4.78 is 15.5. The van der Waals surface area contributed by atoms with Crippen LogP contribution in [0.15, 0.2) is 18.2 Å². The van der Waals surface area contributed by atoms with E-state index >= 15 is 0 Å². The normalized spacial score (nSPS) is 12.0. The van der Waals surface area contributed by atoms with Crippen molar-refractivity contribution in [3.8, 4) is 5.75 Å². The summed E-state index contributed by atoms with van der Waals surface area (Å²) in [5.41, 5.74) is 6.75. The predicted molar refractivity (Wildman–Crippen MR) is 81.7 cm³/mol. The minimum absolute atomic E-state index is 0.0695. The van der Waals surface area contributed by atoms with Gasteiger partial charge in [0.15, 0.2) is 0 Å². The lowest BCUT2D eigenvalue weighted by molar-refractivity contribution is 0.0477. The van der Waals surface area contributed by atoms with Crippen LogP contribution in [0.5, 0.6) is 5.75 Å². The molecule has 0 saturated carbocycles. The van der Waals surface area contributed by atoms with E-state index in [-0.39, 0.29) is 11.9 Å². The molecule has 1 aromatic carbocycles. The first-order valence-corrected chi connectivity index (χ1v) is 6.77. The topological polar surface area (TPSA) is 74.0 Å². The molecule has 118 valence electrons. The fraction of sp³-hybridized carbons (Fsp3) is 0.533. The number of methoxy groups -OCH3 is 3. The van der Waals surface area contributed by atoms with Crippen LogP contribution in [0.1, 0.15) is 17.3 Å². The molecule has 1 rings (SSSR count). The molecule has 21 heavy (non-hydrogen) atoms. The largest absolute Gasteiger partial charge is 0.496 e. The van der Waals surface area contributed by atoms with Crippen molar-refractivity contribution in [3.63, 3.8) is 0 Å². The SMILES string of the molecule is COCCN(C(=O)c1ccc(N)cc1OC)C(C)COC. The fourth-order valence-corrected chi connectivity index (χ4v) is 2.08. The van der Waals surface area contributed by atoms with Crippen molar-refractivity contribution in [2.24, 2.45) is 0 Å². The monoisotopic (exact) mass is 296 g/mol. The van der Waals surface area contributed by atoms with Crippen molar-refractivity contribution < 1.29 is 19.0 Å². The summed E-state index contributed by atoms with van der Waals surface area (Å²) in [5.74, 6) is 0.334. The lowest BCUT2D eigenvalue weighted by Crippen LogP contribution is -2.43. The Bertz CT molecular complexity index is 465. The highest BCUT2D eigenvalue weighted by Gasteiger charge is 2.24. The second-order valence-corrected chi connectivity index (χ2v) is 4.76. The van der Waals surface area contributed by atoms with Crippen molar-refractivity contribution >= 4 is 11.6 Å². The molecule has 0 aromatic heterocycles. The Balaban J connectivity index is 3.03. The average molecular weight is 296 g/mol. The fourth-order valence-electron chi connectivity index (χ4n) is 2.08. The van der Waals surface area contributed by atoms with Gasteiger partial charge in [-0.05, 0) is 19.1 Å². The van der Waals surface area contributed by atoms with Crippen LogP contribution in [0.3, 0.4) is 0 Å². The summed E-state index contributed by atoms with van der Waals surface area (Å²) in [6, 6.07) is 4.93. The van der Waals surface area contributed by atoms with Gasteiger partial charge in [0.1, 0.15) is 5.75 Å². The number of anilines is 1. The van der Waals surface area contributed by atoms with E-state index in [1.54, 1.807) is 37.3 Å². The zero-order valence-electron chi connectivity index (χ0n) is 13.1. The number of carbonyl (C=O) groups is 1. The van der Waals surface area contributed by atoms with E-state index in [0.29, 0.717) is 36.8 Å². The van der Waals surface area contributed by atoms with E-state index in [4.69, 9.17) is 19.9 Å². The zero-order chi connectivity index (χ0) is 15.8. The van der Waals surface area contributed by atoms with Crippen LogP contribution in [-0.2, 0) is 9.47 Å². The molecule has 1 aromatic rings. The Morgan fingerprint density at radius 3 is 2.57 bits per heavy atom. The standard InChI is InChI=1S/C15H24N2O4/c1-11(10-20-3)17(7-8-19-2)15(18)13-6-5-12(16)9-14(13)21-4/h5-6,9,11H,7-8,10,16H2,1-4H3. The van der Waals surface area contributed by atoms with Crippen LogP contribution in [0.4, 0.5) is 5.69 Å². The highest BCUT2D eigenvalue weighted by molar-refractivity contribution is 5.97. The van der Waals surface area contributed by atoms with Crippen LogP contribution >= 0.6 is 0 Å². The van der Waals surface area contributed by atoms with Gasteiger partial charge in [-0.25, -0.2) is 0 Å². The molecule has 0 spiro atoms. The summed E-state index contributed by atoms with van der Waals surface area (Å²) in [4.78, 5) is 14.5. The van der Waals surface area contributed by atoms with Crippen LogP contribution in [0, 0.1) is 0 Å². The number of benzene rings is 1.